The number of amides is 3. The first-order valence-corrected chi connectivity index (χ1v) is 7.06. The zero-order chi connectivity index (χ0) is 14.7. The summed E-state index contributed by atoms with van der Waals surface area (Å²) in [4.78, 5) is 35.9. The van der Waals surface area contributed by atoms with Gasteiger partial charge in [-0.25, -0.2) is 4.79 Å². The minimum absolute atomic E-state index is 0.158. The minimum atomic E-state index is -0.852. The van der Waals surface area contributed by atoms with Gasteiger partial charge in [-0.3, -0.25) is 9.59 Å². The largest absolute Gasteiger partial charge is 0.481 e. The summed E-state index contributed by atoms with van der Waals surface area (Å²) in [7, 11) is 0. The SMILES string of the molecule is NC(=O)N1CCCC(C(=O)NC2CCCC2C(=O)O)C1. The predicted molar refractivity (Wildman–Crippen MR) is 70.8 cm³/mol. The van der Waals surface area contributed by atoms with E-state index < -0.39 is 17.9 Å². The second-order valence-corrected chi connectivity index (χ2v) is 5.61. The summed E-state index contributed by atoms with van der Waals surface area (Å²) in [5, 5.41) is 11.9. The summed E-state index contributed by atoms with van der Waals surface area (Å²) in [6.45, 7) is 0.909. The number of carboxylic acids is 1. The van der Waals surface area contributed by atoms with Gasteiger partial charge in [-0.1, -0.05) is 6.42 Å². The second-order valence-electron chi connectivity index (χ2n) is 5.61. The van der Waals surface area contributed by atoms with E-state index in [0.29, 0.717) is 32.4 Å². The Labute approximate surface area is 117 Å². The number of carboxylic acid groups (broad SMARTS) is 1. The van der Waals surface area contributed by atoms with Crippen LogP contribution in [0.4, 0.5) is 4.79 Å². The molecule has 0 bridgehead atoms. The number of nitrogens with one attached hydrogen (secondary N) is 1. The highest BCUT2D eigenvalue weighted by molar-refractivity contribution is 5.81. The van der Waals surface area contributed by atoms with Gasteiger partial charge in [0.2, 0.25) is 5.91 Å². The predicted octanol–water partition coefficient (Wildman–Crippen LogP) is 0.147. The molecule has 3 amide bonds. The van der Waals surface area contributed by atoms with Crippen molar-refractivity contribution in [3.63, 3.8) is 0 Å². The molecule has 0 aromatic carbocycles. The normalized spacial score (nSPS) is 30.0. The zero-order valence-electron chi connectivity index (χ0n) is 11.4. The van der Waals surface area contributed by atoms with E-state index in [2.05, 4.69) is 5.32 Å². The van der Waals surface area contributed by atoms with Gasteiger partial charge in [0.15, 0.2) is 0 Å². The Hall–Kier alpha value is -1.79. The highest BCUT2D eigenvalue weighted by Crippen LogP contribution is 2.26. The van der Waals surface area contributed by atoms with Crippen molar-refractivity contribution in [3.8, 4) is 0 Å². The first kappa shape index (κ1) is 14.6. The molecule has 0 aromatic rings. The van der Waals surface area contributed by atoms with Crippen LogP contribution in [0.15, 0.2) is 0 Å². The highest BCUT2D eigenvalue weighted by Gasteiger charge is 2.36. The van der Waals surface area contributed by atoms with Gasteiger partial charge in [0, 0.05) is 19.1 Å². The van der Waals surface area contributed by atoms with Gasteiger partial charge in [0.1, 0.15) is 0 Å². The van der Waals surface area contributed by atoms with Crippen LogP contribution >= 0.6 is 0 Å². The van der Waals surface area contributed by atoms with Crippen LogP contribution in [0.2, 0.25) is 0 Å². The lowest BCUT2D eigenvalue weighted by Crippen LogP contribution is -2.50. The first-order valence-electron chi connectivity index (χ1n) is 7.06. The number of carbonyl (C=O) groups excluding carboxylic acids is 2. The molecule has 7 heteroatoms. The molecule has 2 fully saturated rings. The molecule has 0 spiro atoms. The first-order chi connectivity index (χ1) is 9.49. The third-order valence-corrected chi connectivity index (χ3v) is 4.26. The number of piperidine rings is 1. The van der Waals surface area contributed by atoms with Crippen molar-refractivity contribution in [2.75, 3.05) is 13.1 Å². The molecule has 1 aliphatic carbocycles. The second kappa shape index (κ2) is 6.11. The van der Waals surface area contributed by atoms with E-state index in [4.69, 9.17) is 10.8 Å². The summed E-state index contributed by atoms with van der Waals surface area (Å²) < 4.78 is 0. The fourth-order valence-corrected chi connectivity index (χ4v) is 3.12. The number of nitrogens with zero attached hydrogens (tertiary/aromatic N) is 1. The van der Waals surface area contributed by atoms with Gasteiger partial charge in [-0.05, 0) is 25.7 Å². The average molecular weight is 283 g/mol. The molecule has 4 N–H and O–H groups in total. The van der Waals surface area contributed by atoms with Crippen LogP contribution in [0.25, 0.3) is 0 Å². The molecule has 1 saturated carbocycles. The van der Waals surface area contributed by atoms with E-state index in [0.717, 1.165) is 12.8 Å². The van der Waals surface area contributed by atoms with E-state index >= 15 is 0 Å². The van der Waals surface area contributed by atoms with Crippen molar-refractivity contribution in [2.45, 2.75) is 38.1 Å². The lowest BCUT2D eigenvalue weighted by molar-refractivity contribution is -0.142. The van der Waals surface area contributed by atoms with Crippen LogP contribution in [0.3, 0.4) is 0 Å². The number of urea groups is 1. The van der Waals surface area contributed by atoms with Gasteiger partial charge in [-0.15, -0.1) is 0 Å². The van der Waals surface area contributed by atoms with Crippen LogP contribution in [-0.4, -0.2) is 47.0 Å². The Balaban J connectivity index is 1.91. The Morgan fingerprint density at radius 1 is 1.15 bits per heavy atom. The third kappa shape index (κ3) is 3.20. The van der Waals surface area contributed by atoms with Gasteiger partial charge >= 0.3 is 12.0 Å². The Morgan fingerprint density at radius 2 is 1.90 bits per heavy atom. The molecule has 7 nitrogen and oxygen atoms in total. The third-order valence-electron chi connectivity index (χ3n) is 4.26. The van der Waals surface area contributed by atoms with Crippen LogP contribution in [0, 0.1) is 11.8 Å². The molecule has 0 aromatic heterocycles. The van der Waals surface area contributed by atoms with Gasteiger partial charge in [-0.2, -0.15) is 0 Å². The summed E-state index contributed by atoms with van der Waals surface area (Å²) >= 11 is 0. The van der Waals surface area contributed by atoms with E-state index in [1.54, 1.807) is 0 Å². The van der Waals surface area contributed by atoms with Gasteiger partial charge in [0.05, 0.1) is 11.8 Å². The number of hydrogen-bond acceptors (Lipinski definition) is 3. The number of likely N-dealkylation sites (tertiary alicyclic amines) is 1. The van der Waals surface area contributed by atoms with Gasteiger partial charge < -0.3 is 21.1 Å². The van der Waals surface area contributed by atoms with Gasteiger partial charge in [0.25, 0.3) is 0 Å². The molecule has 3 atom stereocenters. The van der Waals surface area contributed by atoms with Crippen LogP contribution in [-0.2, 0) is 9.59 Å². The molecular weight excluding hydrogens is 262 g/mol. The van der Waals surface area contributed by atoms with Crippen molar-refractivity contribution in [2.24, 2.45) is 17.6 Å². The molecular formula is C13H21N3O4. The Kier molecular flexibility index (Phi) is 4.46. The molecule has 3 unspecified atom stereocenters. The topological polar surface area (TPSA) is 113 Å². The Bertz CT molecular complexity index is 412. The van der Waals surface area contributed by atoms with E-state index in [1.807, 2.05) is 0 Å². The minimum Gasteiger partial charge on any atom is -0.481 e. The lowest BCUT2D eigenvalue weighted by atomic mass is 9.96. The zero-order valence-corrected chi connectivity index (χ0v) is 11.4. The number of nitrogens with two attached hydrogens (primary N) is 1. The molecule has 1 saturated heterocycles. The summed E-state index contributed by atoms with van der Waals surface area (Å²) in [5.41, 5.74) is 5.23. The van der Waals surface area contributed by atoms with Crippen LogP contribution < -0.4 is 11.1 Å². The number of primary amides is 1. The van der Waals surface area contributed by atoms with Crippen LogP contribution in [0.1, 0.15) is 32.1 Å². The molecule has 2 aliphatic rings. The highest BCUT2D eigenvalue weighted by atomic mass is 16.4. The maximum absolute atomic E-state index is 12.2. The number of rotatable bonds is 3. The number of aliphatic carboxylic acids is 1. The summed E-state index contributed by atoms with van der Waals surface area (Å²) in [5.74, 6) is -1.79. The van der Waals surface area contributed by atoms with E-state index in [1.165, 1.54) is 4.90 Å². The fraction of sp³-hybridized carbons (Fsp3) is 0.769. The molecule has 1 aliphatic heterocycles. The Morgan fingerprint density at radius 3 is 2.55 bits per heavy atom. The maximum Gasteiger partial charge on any atom is 0.314 e. The summed E-state index contributed by atoms with van der Waals surface area (Å²) in [6.07, 6.45) is 3.58. The lowest BCUT2D eigenvalue weighted by Gasteiger charge is -2.31. The smallest absolute Gasteiger partial charge is 0.314 e. The van der Waals surface area contributed by atoms with Crippen molar-refractivity contribution >= 4 is 17.9 Å². The number of carbonyl (C=O) groups is 3. The summed E-state index contributed by atoms with van der Waals surface area (Å²) in [6, 6.07) is -0.796. The standard InChI is InChI=1S/C13H21N3O4/c14-13(20)16-6-2-3-8(7-16)11(17)15-10-5-1-4-9(10)12(18)19/h8-10H,1-7H2,(H2,14,20)(H,15,17)(H,18,19). The molecule has 2 rings (SSSR count). The molecule has 20 heavy (non-hydrogen) atoms. The van der Waals surface area contributed by atoms with Crippen molar-refractivity contribution in [3.05, 3.63) is 0 Å². The molecule has 1 heterocycles. The average Bonchev–Trinajstić information content (AvgIpc) is 2.87. The van der Waals surface area contributed by atoms with Crippen molar-refractivity contribution < 1.29 is 19.5 Å². The molecule has 112 valence electrons. The van der Waals surface area contributed by atoms with Crippen molar-refractivity contribution in [1.82, 2.24) is 10.2 Å². The monoisotopic (exact) mass is 283 g/mol. The number of hydrogen-bond donors (Lipinski definition) is 3. The van der Waals surface area contributed by atoms with Crippen LogP contribution in [0.5, 0.6) is 0 Å². The van der Waals surface area contributed by atoms with E-state index in [-0.39, 0.29) is 17.9 Å². The fourth-order valence-electron chi connectivity index (χ4n) is 3.12. The maximum atomic E-state index is 12.2. The molecule has 0 radical (unpaired) electrons. The quantitative estimate of drug-likeness (QED) is 0.684. The van der Waals surface area contributed by atoms with Crippen molar-refractivity contribution in [1.29, 1.82) is 0 Å². The van der Waals surface area contributed by atoms with E-state index in [9.17, 15) is 14.4 Å².